The number of carbonyl (C=O) groups is 1. The van der Waals surface area contributed by atoms with Crippen molar-refractivity contribution in [3.63, 3.8) is 0 Å². The van der Waals surface area contributed by atoms with Crippen molar-refractivity contribution in [3.8, 4) is 0 Å². The van der Waals surface area contributed by atoms with E-state index in [9.17, 15) is 4.79 Å². The molecule has 2 aliphatic rings. The highest BCUT2D eigenvalue weighted by atomic mass is 16.1. The van der Waals surface area contributed by atoms with Gasteiger partial charge in [-0.3, -0.25) is 4.79 Å². The molecule has 2 saturated carbocycles. The summed E-state index contributed by atoms with van der Waals surface area (Å²) in [5, 5.41) is 0. The summed E-state index contributed by atoms with van der Waals surface area (Å²) in [6.07, 6.45) is 14.2. The first-order valence-corrected chi connectivity index (χ1v) is 8.77. The molecule has 0 heterocycles. The summed E-state index contributed by atoms with van der Waals surface area (Å²) in [5.74, 6) is 3.61. The molecule has 2 fully saturated rings. The Morgan fingerprint density at radius 3 is 2.05 bits per heavy atom. The van der Waals surface area contributed by atoms with Crippen molar-refractivity contribution in [2.75, 3.05) is 0 Å². The number of ketones is 1. The van der Waals surface area contributed by atoms with Crippen molar-refractivity contribution in [1.82, 2.24) is 0 Å². The molecule has 0 spiro atoms. The van der Waals surface area contributed by atoms with E-state index in [1.807, 2.05) is 0 Å². The molecule has 2 aliphatic carbocycles. The fraction of sp³-hybridized carbons (Fsp3) is 0.944. The normalized spacial score (nSPS) is 36.4. The van der Waals surface area contributed by atoms with E-state index in [0.717, 1.165) is 30.6 Å². The van der Waals surface area contributed by atoms with Gasteiger partial charge in [-0.2, -0.15) is 0 Å². The fourth-order valence-corrected chi connectivity index (χ4v) is 4.52. The van der Waals surface area contributed by atoms with E-state index >= 15 is 0 Å². The maximum Gasteiger partial charge on any atom is 0.136 e. The van der Waals surface area contributed by atoms with Crippen LogP contribution in [0, 0.1) is 23.7 Å². The highest BCUT2D eigenvalue weighted by Crippen LogP contribution is 2.41. The number of hydrogen-bond acceptors (Lipinski definition) is 1. The van der Waals surface area contributed by atoms with Crippen LogP contribution in [-0.4, -0.2) is 5.78 Å². The standard InChI is InChI=1S/C18H32O/c1-3-5-14-7-9-15(10-8-14)17-12-11-16(6-4-2)18(19)13-17/h14-17H,3-13H2,1-2H3/t14-,15-,16?,17?. The summed E-state index contributed by atoms with van der Waals surface area (Å²) >= 11 is 0. The van der Waals surface area contributed by atoms with Crippen LogP contribution in [0.2, 0.25) is 0 Å². The number of hydrogen-bond donors (Lipinski definition) is 0. The van der Waals surface area contributed by atoms with Gasteiger partial charge in [0.05, 0.1) is 0 Å². The molecule has 1 heteroatoms. The van der Waals surface area contributed by atoms with Gasteiger partial charge >= 0.3 is 0 Å². The van der Waals surface area contributed by atoms with E-state index in [0.29, 0.717) is 11.7 Å². The molecule has 0 aromatic rings. The second-order valence-electron chi connectivity index (χ2n) is 7.06. The zero-order valence-electron chi connectivity index (χ0n) is 13.0. The first-order chi connectivity index (χ1) is 9.24. The summed E-state index contributed by atoms with van der Waals surface area (Å²) in [6, 6.07) is 0. The molecule has 0 saturated heterocycles. The monoisotopic (exact) mass is 264 g/mol. The maximum atomic E-state index is 12.2. The van der Waals surface area contributed by atoms with Crippen LogP contribution in [0.5, 0.6) is 0 Å². The lowest BCUT2D eigenvalue weighted by Gasteiger charge is -2.37. The summed E-state index contributed by atoms with van der Waals surface area (Å²) in [5.41, 5.74) is 0. The molecule has 1 nitrogen and oxygen atoms in total. The first-order valence-electron chi connectivity index (χ1n) is 8.77. The van der Waals surface area contributed by atoms with Crippen LogP contribution in [0.15, 0.2) is 0 Å². The smallest absolute Gasteiger partial charge is 0.136 e. The van der Waals surface area contributed by atoms with Crippen molar-refractivity contribution in [2.45, 2.75) is 84.5 Å². The van der Waals surface area contributed by atoms with Crippen molar-refractivity contribution in [2.24, 2.45) is 23.7 Å². The highest BCUT2D eigenvalue weighted by Gasteiger charge is 2.34. The third-order valence-electron chi connectivity index (χ3n) is 5.70. The van der Waals surface area contributed by atoms with Crippen LogP contribution in [-0.2, 0) is 4.79 Å². The highest BCUT2D eigenvalue weighted by molar-refractivity contribution is 5.81. The van der Waals surface area contributed by atoms with Gasteiger partial charge in [-0.25, -0.2) is 0 Å². The van der Waals surface area contributed by atoms with Crippen LogP contribution in [0.4, 0.5) is 0 Å². The summed E-state index contributed by atoms with van der Waals surface area (Å²) in [7, 11) is 0. The molecular weight excluding hydrogens is 232 g/mol. The van der Waals surface area contributed by atoms with E-state index in [2.05, 4.69) is 13.8 Å². The van der Waals surface area contributed by atoms with Crippen molar-refractivity contribution in [3.05, 3.63) is 0 Å². The number of carbonyl (C=O) groups excluding carboxylic acids is 1. The molecule has 0 radical (unpaired) electrons. The van der Waals surface area contributed by atoms with E-state index in [1.165, 1.54) is 57.8 Å². The Kier molecular flexibility index (Phi) is 5.91. The summed E-state index contributed by atoms with van der Waals surface area (Å²) < 4.78 is 0. The third-order valence-corrected chi connectivity index (χ3v) is 5.70. The molecule has 19 heavy (non-hydrogen) atoms. The summed E-state index contributed by atoms with van der Waals surface area (Å²) in [4.78, 5) is 12.2. The molecular formula is C18H32O. The predicted octanol–water partition coefficient (Wildman–Crippen LogP) is 5.38. The molecule has 110 valence electrons. The Morgan fingerprint density at radius 1 is 0.842 bits per heavy atom. The molecule has 0 amide bonds. The Bertz CT molecular complexity index is 275. The molecule has 0 aromatic heterocycles. The largest absolute Gasteiger partial charge is 0.299 e. The third kappa shape index (κ3) is 4.07. The Labute approximate surface area is 119 Å². The number of Topliss-reactive ketones (excluding diaryl/α,β-unsaturated/α-hetero) is 1. The Morgan fingerprint density at radius 2 is 1.47 bits per heavy atom. The van der Waals surface area contributed by atoms with Crippen LogP contribution < -0.4 is 0 Å². The van der Waals surface area contributed by atoms with Gasteiger partial charge in [0, 0.05) is 12.3 Å². The lowest BCUT2D eigenvalue weighted by molar-refractivity contribution is -0.127. The minimum Gasteiger partial charge on any atom is -0.299 e. The lowest BCUT2D eigenvalue weighted by atomic mass is 9.68. The predicted molar refractivity (Wildman–Crippen MR) is 81.1 cm³/mol. The minimum absolute atomic E-state index is 0.415. The van der Waals surface area contributed by atoms with Crippen LogP contribution in [0.25, 0.3) is 0 Å². The van der Waals surface area contributed by atoms with Crippen LogP contribution >= 0.6 is 0 Å². The topological polar surface area (TPSA) is 17.1 Å². The molecule has 2 atom stereocenters. The Balaban J connectivity index is 1.77. The van der Waals surface area contributed by atoms with Crippen LogP contribution in [0.1, 0.15) is 84.5 Å². The SMILES string of the molecule is CCCC1CCC([C@H]2CC[C@H](CCC)CC2)CC1=O. The van der Waals surface area contributed by atoms with Crippen molar-refractivity contribution in [1.29, 1.82) is 0 Å². The average molecular weight is 264 g/mol. The van der Waals surface area contributed by atoms with Gasteiger partial charge in [-0.1, -0.05) is 46.0 Å². The molecule has 2 rings (SSSR count). The molecule has 0 bridgehead atoms. The van der Waals surface area contributed by atoms with Gasteiger partial charge in [0.25, 0.3) is 0 Å². The van der Waals surface area contributed by atoms with Crippen molar-refractivity contribution < 1.29 is 4.79 Å². The first kappa shape index (κ1) is 15.1. The molecule has 0 aromatic carbocycles. The van der Waals surface area contributed by atoms with Gasteiger partial charge in [0.2, 0.25) is 0 Å². The van der Waals surface area contributed by atoms with E-state index in [4.69, 9.17) is 0 Å². The van der Waals surface area contributed by atoms with Crippen molar-refractivity contribution >= 4 is 5.78 Å². The van der Waals surface area contributed by atoms with Crippen LogP contribution in [0.3, 0.4) is 0 Å². The fourth-order valence-electron chi connectivity index (χ4n) is 4.52. The number of rotatable bonds is 5. The zero-order chi connectivity index (χ0) is 13.7. The zero-order valence-corrected chi connectivity index (χ0v) is 13.0. The average Bonchev–Trinajstić information content (AvgIpc) is 2.43. The second kappa shape index (κ2) is 7.45. The van der Waals surface area contributed by atoms with E-state index < -0.39 is 0 Å². The maximum absolute atomic E-state index is 12.2. The Hall–Kier alpha value is -0.330. The quantitative estimate of drug-likeness (QED) is 0.651. The molecule has 0 N–H and O–H groups in total. The molecule has 0 aliphatic heterocycles. The second-order valence-corrected chi connectivity index (χ2v) is 7.06. The van der Waals surface area contributed by atoms with Gasteiger partial charge in [0.1, 0.15) is 5.78 Å². The summed E-state index contributed by atoms with van der Waals surface area (Å²) in [6.45, 7) is 4.51. The van der Waals surface area contributed by atoms with E-state index in [1.54, 1.807) is 0 Å². The lowest BCUT2D eigenvalue weighted by Crippen LogP contribution is -2.31. The van der Waals surface area contributed by atoms with Gasteiger partial charge in [-0.05, 0) is 49.9 Å². The van der Waals surface area contributed by atoms with Gasteiger partial charge in [0.15, 0.2) is 0 Å². The van der Waals surface area contributed by atoms with E-state index in [-0.39, 0.29) is 0 Å². The van der Waals surface area contributed by atoms with Gasteiger partial charge in [-0.15, -0.1) is 0 Å². The molecule has 2 unspecified atom stereocenters. The van der Waals surface area contributed by atoms with Gasteiger partial charge < -0.3 is 0 Å². The minimum atomic E-state index is 0.415.